The molecule has 3 aromatic rings. The van der Waals surface area contributed by atoms with Crippen molar-refractivity contribution in [3.8, 4) is 0 Å². The van der Waals surface area contributed by atoms with Gasteiger partial charge >= 0.3 is 0 Å². The minimum Gasteiger partial charge on any atom is -0.405 e. The average molecular weight is 321 g/mol. The monoisotopic (exact) mass is 321 g/mol. The van der Waals surface area contributed by atoms with E-state index in [0.717, 1.165) is 6.42 Å². The number of aryl methyl sites for hydroxylation is 2. The highest BCUT2D eigenvalue weighted by Gasteiger charge is 2.08. The third-order valence-electron chi connectivity index (χ3n) is 3.97. The summed E-state index contributed by atoms with van der Waals surface area (Å²) in [5.74, 6) is 0. The Balaban J connectivity index is 1.88. The van der Waals surface area contributed by atoms with E-state index in [0.29, 0.717) is 23.0 Å². The number of benzene rings is 2. The smallest absolute Gasteiger partial charge is 0.261 e. The molecule has 0 saturated heterocycles. The maximum atomic E-state index is 12.6. The van der Waals surface area contributed by atoms with Gasteiger partial charge in [-0.15, -0.1) is 0 Å². The summed E-state index contributed by atoms with van der Waals surface area (Å²) < 4.78 is 1.62. The van der Waals surface area contributed by atoms with Gasteiger partial charge < -0.3 is 10.8 Å². The molecule has 0 aliphatic rings. The van der Waals surface area contributed by atoms with Gasteiger partial charge in [-0.05, 0) is 42.0 Å². The van der Waals surface area contributed by atoms with Crippen molar-refractivity contribution >= 4 is 10.9 Å². The average Bonchev–Trinajstić information content (AvgIpc) is 2.62. The molecule has 5 nitrogen and oxygen atoms in total. The zero-order chi connectivity index (χ0) is 16.9. The molecule has 24 heavy (non-hydrogen) atoms. The Bertz CT molecular complexity index is 917. The molecule has 1 heterocycles. The third-order valence-corrected chi connectivity index (χ3v) is 3.97. The van der Waals surface area contributed by atoms with Crippen LogP contribution in [0.5, 0.6) is 0 Å². The van der Waals surface area contributed by atoms with E-state index in [9.17, 15) is 9.90 Å². The van der Waals surface area contributed by atoms with Crippen LogP contribution in [0.2, 0.25) is 0 Å². The highest BCUT2D eigenvalue weighted by molar-refractivity contribution is 5.78. The van der Waals surface area contributed by atoms with Gasteiger partial charge in [-0.25, -0.2) is 4.98 Å². The zero-order valence-electron chi connectivity index (χ0n) is 13.2. The summed E-state index contributed by atoms with van der Waals surface area (Å²) in [6, 6.07) is 15.2. The van der Waals surface area contributed by atoms with Crippen LogP contribution in [0.4, 0.5) is 0 Å². The van der Waals surface area contributed by atoms with Gasteiger partial charge in [0, 0.05) is 6.54 Å². The summed E-state index contributed by atoms with van der Waals surface area (Å²) in [5, 5.41) is 10.5. The van der Waals surface area contributed by atoms with Gasteiger partial charge in [-0.3, -0.25) is 9.36 Å². The van der Waals surface area contributed by atoms with Crippen molar-refractivity contribution in [3.63, 3.8) is 0 Å². The number of aliphatic hydroxyl groups is 1. The molecule has 0 aliphatic heterocycles. The second-order valence-electron chi connectivity index (χ2n) is 5.59. The molecule has 0 saturated carbocycles. The molecular formula is C19H19N3O2. The molecule has 1 atom stereocenters. The van der Waals surface area contributed by atoms with E-state index in [4.69, 9.17) is 5.73 Å². The van der Waals surface area contributed by atoms with E-state index in [1.807, 2.05) is 30.3 Å². The van der Waals surface area contributed by atoms with Gasteiger partial charge in [-0.1, -0.05) is 36.4 Å². The van der Waals surface area contributed by atoms with Crippen LogP contribution in [0, 0.1) is 0 Å². The van der Waals surface area contributed by atoms with Crippen molar-refractivity contribution in [2.75, 3.05) is 0 Å². The minimum atomic E-state index is -0.804. The summed E-state index contributed by atoms with van der Waals surface area (Å²) in [7, 11) is 0. The Hall–Kier alpha value is -2.92. The van der Waals surface area contributed by atoms with Gasteiger partial charge in [-0.2, -0.15) is 0 Å². The van der Waals surface area contributed by atoms with Crippen molar-refractivity contribution in [1.82, 2.24) is 9.55 Å². The molecule has 5 heteroatoms. The van der Waals surface area contributed by atoms with Crippen molar-refractivity contribution in [3.05, 3.63) is 88.6 Å². The van der Waals surface area contributed by atoms with Crippen LogP contribution < -0.4 is 11.3 Å². The molecule has 0 aliphatic carbocycles. The topological polar surface area (TPSA) is 81.1 Å². The molecule has 2 aromatic carbocycles. The number of hydrogen-bond acceptors (Lipinski definition) is 4. The summed E-state index contributed by atoms with van der Waals surface area (Å²) in [5.41, 5.74) is 7.61. The molecule has 1 unspecified atom stereocenters. The largest absolute Gasteiger partial charge is 0.405 e. The Labute approximate surface area is 139 Å². The van der Waals surface area contributed by atoms with Crippen molar-refractivity contribution in [1.29, 1.82) is 0 Å². The van der Waals surface area contributed by atoms with E-state index < -0.39 is 6.10 Å². The first-order valence-electron chi connectivity index (χ1n) is 7.78. The van der Waals surface area contributed by atoms with E-state index >= 15 is 0 Å². The molecule has 122 valence electrons. The molecule has 1 aromatic heterocycles. The second-order valence-corrected chi connectivity index (χ2v) is 5.59. The SMILES string of the molecule is N/C=C/C(O)c1ccc2c(=O)n(CCc3ccccc3)cnc2c1. The molecule has 0 bridgehead atoms. The molecule has 0 radical (unpaired) electrons. The molecular weight excluding hydrogens is 302 g/mol. The van der Waals surface area contributed by atoms with E-state index in [2.05, 4.69) is 4.98 Å². The summed E-state index contributed by atoms with van der Waals surface area (Å²) >= 11 is 0. The van der Waals surface area contributed by atoms with Gasteiger partial charge in [0.25, 0.3) is 5.56 Å². The standard InChI is InChI=1S/C19H19N3O2/c20-10-8-18(23)15-6-7-16-17(12-15)21-13-22(19(16)24)11-9-14-4-2-1-3-5-14/h1-8,10,12-13,18,23H,9,11,20H2/b10-8+. The lowest BCUT2D eigenvalue weighted by Crippen LogP contribution is -2.21. The van der Waals surface area contributed by atoms with Gasteiger partial charge in [0.2, 0.25) is 0 Å². The number of fused-ring (bicyclic) bond motifs is 1. The van der Waals surface area contributed by atoms with Gasteiger partial charge in [0.05, 0.1) is 23.3 Å². The van der Waals surface area contributed by atoms with E-state index in [-0.39, 0.29) is 5.56 Å². The molecule has 3 N–H and O–H groups in total. The predicted molar refractivity (Wildman–Crippen MR) is 94.4 cm³/mol. The Morgan fingerprint density at radius 3 is 2.75 bits per heavy atom. The number of nitrogens with two attached hydrogens (primary N) is 1. The van der Waals surface area contributed by atoms with Crippen LogP contribution in [0.15, 0.2) is 71.9 Å². The fourth-order valence-electron chi connectivity index (χ4n) is 2.63. The fourth-order valence-corrected chi connectivity index (χ4v) is 2.63. The summed E-state index contributed by atoms with van der Waals surface area (Å²) in [6.45, 7) is 0.575. The number of aliphatic hydroxyl groups excluding tert-OH is 1. The summed E-state index contributed by atoms with van der Waals surface area (Å²) in [4.78, 5) is 16.9. The lowest BCUT2D eigenvalue weighted by molar-refractivity contribution is 0.228. The van der Waals surface area contributed by atoms with Crippen molar-refractivity contribution in [2.24, 2.45) is 5.73 Å². The Morgan fingerprint density at radius 1 is 1.21 bits per heavy atom. The van der Waals surface area contributed by atoms with Gasteiger partial charge in [0.15, 0.2) is 0 Å². The molecule has 3 rings (SSSR count). The normalized spacial score (nSPS) is 12.7. The van der Waals surface area contributed by atoms with Crippen LogP contribution in [0.3, 0.4) is 0 Å². The number of rotatable bonds is 5. The van der Waals surface area contributed by atoms with Crippen molar-refractivity contribution < 1.29 is 5.11 Å². The van der Waals surface area contributed by atoms with Crippen LogP contribution in [-0.4, -0.2) is 14.7 Å². The Kier molecular flexibility index (Phi) is 4.72. The fraction of sp³-hybridized carbons (Fsp3) is 0.158. The zero-order valence-corrected chi connectivity index (χ0v) is 13.2. The maximum absolute atomic E-state index is 12.6. The van der Waals surface area contributed by atoms with E-state index in [1.54, 1.807) is 29.1 Å². The quantitative estimate of drug-likeness (QED) is 0.754. The highest BCUT2D eigenvalue weighted by atomic mass is 16.3. The third kappa shape index (κ3) is 3.36. The van der Waals surface area contributed by atoms with Gasteiger partial charge in [0.1, 0.15) is 0 Å². The minimum absolute atomic E-state index is 0.0775. The lowest BCUT2D eigenvalue weighted by Gasteiger charge is -2.09. The summed E-state index contributed by atoms with van der Waals surface area (Å²) in [6.07, 6.45) is 4.29. The first kappa shape index (κ1) is 16.0. The lowest BCUT2D eigenvalue weighted by atomic mass is 10.1. The van der Waals surface area contributed by atoms with Crippen LogP contribution in [0.25, 0.3) is 10.9 Å². The first-order valence-corrected chi connectivity index (χ1v) is 7.78. The second kappa shape index (κ2) is 7.10. The van der Waals surface area contributed by atoms with E-state index in [1.165, 1.54) is 17.8 Å². The van der Waals surface area contributed by atoms with Crippen LogP contribution >= 0.6 is 0 Å². The molecule has 0 spiro atoms. The van der Waals surface area contributed by atoms with Crippen molar-refractivity contribution in [2.45, 2.75) is 19.1 Å². The number of nitrogens with zero attached hydrogens (tertiary/aromatic N) is 2. The number of aromatic nitrogens is 2. The first-order chi connectivity index (χ1) is 11.7. The maximum Gasteiger partial charge on any atom is 0.261 e. The highest BCUT2D eigenvalue weighted by Crippen LogP contribution is 2.18. The predicted octanol–water partition coefficient (Wildman–Crippen LogP) is 2.14. The Morgan fingerprint density at radius 2 is 2.00 bits per heavy atom. The van der Waals surface area contributed by atoms with Crippen LogP contribution in [-0.2, 0) is 13.0 Å². The number of hydrogen-bond donors (Lipinski definition) is 2. The molecule has 0 fully saturated rings. The van der Waals surface area contributed by atoms with Crippen LogP contribution in [0.1, 0.15) is 17.2 Å². The molecule has 0 amide bonds.